The lowest BCUT2D eigenvalue weighted by molar-refractivity contribution is 0.900. The van der Waals surface area contributed by atoms with Crippen LogP contribution >= 0.6 is 12.2 Å². The van der Waals surface area contributed by atoms with Gasteiger partial charge in [0.05, 0.1) is 11.4 Å². The quantitative estimate of drug-likeness (QED) is 0.475. The highest BCUT2D eigenvalue weighted by atomic mass is 32.1. The van der Waals surface area contributed by atoms with Crippen molar-refractivity contribution >= 4 is 23.4 Å². The maximum absolute atomic E-state index is 11.8. The third-order valence-corrected chi connectivity index (χ3v) is 3.54. The number of nitrogens with zero attached hydrogens (tertiary/aromatic N) is 2. The normalized spacial score (nSPS) is 11.3. The van der Waals surface area contributed by atoms with Crippen LogP contribution in [0, 0.1) is 11.4 Å². The number of aryl methyl sites for hydroxylation is 2. The van der Waals surface area contributed by atoms with Crippen LogP contribution in [0.2, 0.25) is 0 Å². The van der Waals surface area contributed by atoms with E-state index in [0.717, 1.165) is 15.8 Å². The molecule has 0 bridgehead atoms. The number of hydrogen-bond donors (Lipinski definition) is 2. The lowest BCUT2D eigenvalue weighted by Crippen LogP contribution is -2.25. The van der Waals surface area contributed by atoms with E-state index >= 15 is 0 Å². The standard InChI is InChI=1S/C12H10N4O2S/c1-5-3-6-7(4-8(5)19)16(2)10-9(13-6)11(17)15-12(18)14-10/h3-4H,1-2H3,(H2,14,15,17,18). The molecule has 0 saturated carbocycles. The van der Waals surface area contributed by atoms with Gasteiger partial charge in [-0.1, -0.05) is 12.2 Å². The zero-order valence-electron chi connectivity index (χ0n) is 10.3. The van der Waals surface area contributed by atoms with Crippen LogP contribution < -0.4 is 11.2 Å². The molecule has 3 rings (SSSR count). The molecule has 2 aliphatic rings. The minimum absolute atomic E-state index is 0.200. The van der Waals surface area contributed by atoms with E-state index in [4.69, 9.17) is 12.2 Å². The first-order valence-corrected chi connectivity index (χ1v) is 6.02. The summed E-state index contributed by atoms with van der Waals surface area (Å²) in [6.07, 6.45) is 0. The van der Waals surface area contributed by atoms with Gasteiger partial charge in [-0.25, -0.2) is 9.78 Å². The lowest BCUT2D eigenvalue weighted by atomic mass is 10.1. The third kappa shape index (κ3) is 1.70. The van der Waals surface area contributed by atoms with Crippen molar-refractivity contribution < 1.29 is 0 Å². The Morgan fingerprint density at radius 3 is 2.74 bits per heavy atom. The largest absolute Gasteiger partial charge is 0.327 e. The summed E-state index contributed by atoms with van der Waals surface area (Å²) in [4.78, 5) is 32.2. The predicted octanol–water partition coefficient (Wildman–Crippen LogP) is 1.09. The van der Waals surface area contributed by atoms with Crippen LogP contribution in [0.5, 0.6) is 0 Å². The van der Waals surface area contributed by atoms with Gasteiger partial charge in [0.25, 0.3) is 5.56 Å². The third-order valence-electron chi connectivity index (χ3n) is 3.10. The van der Waals surface area contributed by atoms with E-state index in [1.54, 1.807) is 11.6 Å². The fourth-order valence-electron chi connectivity index (χ4n) is 2.08. The molecule has 0 saturated heterocycles. The molecule has 0 aromatic carbocycles. The van der Waals surface area contributed by atoms with Crippen LogP contribution in [0.25, 0.3) is 22.6 Å². The molecule has 2 heterocycles. The second-order valence-corrected chi connectivity index (χ2v) is 4.82. The Labute approximate surface area is 112 Å². The van der Waals surface area contributed by atoms with Crippen molar-refractivity contribution in [3.63, 3.8) is 0 Å². The summed E-state index contributed by atoms with van der Waals surface area (Å²) in [6.45, 7) is 1.89. The van der Waals surface area contributed by atoms with E-state index in [1.807, 2.05) is 19.1 Å². The van der Waals surface area contributed by atoms with E-state index in [-0.39, 0.29) is 5.52 Å². The monoisotopic (exact) mass is 274 g/mol. The molecule has 0 radical (unpaired) electrons. The molecule has 0 amide bonds. The van der Waals surface area contributed by atoms with Crippen molar-refractivity contribution in [2.24, 2.45) is 7.05 Å². The molecule has 19 heavy (non-hydrogen) atoms. The summed E-state index contributed by atoms with van der Waals surface area (Å²) in [7, 11) is 1.76. The second-order valence-electron chi connectivity index (χ2n) is 4.38. The highest BCUT2D eigenvalue weighted by molar-refractivity contribution is 7.71. The van der Waals surface area contributed by atoms with Crippen LogP contribution in [0.3, 0.4) is 0 Å². The molecule has 0 spiro atoms. The average molecular weight is 274 g/mol. The Hall–Kier alpha value is -2.28. The SMILES string of the molecule is Cc1cc2nc3c(=O)[nH]c(=O)[nH]c3n(C)c-2cc1=S. The number of aromatic amines is 2. The highest BCUT2D eigenvalue weighted by Gasteiger charge is 2.13. The number of hydrogen-bond acceptors (Lipinski definition) is 4. The Bertz CT molecular complexity index is 951. The smallest absolute Gasteiger partial charge is 0.327 e. The molecule has 0 atom stereocenters. The first-order valence-electron chi connectivity index (χ1n) is 5.61. The first kappa shape index (κ1) is 11.8. The van der Waals surface area contributed by atoms with E-state index in [2.05, 4.69) is 15.0 Å². The summed E-state index contributed by atoms with van der Waals surface area (Å²) in [5.74, 6) is 0. The van der Waals surface area contributed by atoms with Crippen LogP contribution in [-0.2, 0) is 7.05 Å². The number of H-pyrrole nitrogens is 2. The van der Waals surface area contributed by atoms with Gasteiger partial charge in [-0.05, 0) is 24.6 Å². The van der Waals surface area contributed by atoms with Gasteiger partial charge in [-0.15, -0.1) is 0 Å². The lowest BCUT2D eigenvalue weighted by Gasteiger charge is -2.14. The minimum atomic E-state index is -0.556. The van der Waals surface area contributed by atoms with Crippen molar-refractivity contribution in [1.82, 2.24) is 19.5 Å². The minimum Gasteiger partial charge on any atom is -0.327 e. The van der Waals surface area contributed by atoms with Gasteiger partial charge in [0, 0.05) is 11.6 Å². The highest BCUT2D eigenvalue weighted by Crippen LogP contribution is 2.23. The Balaban J connectivity index is 2.65. The molecule has 2 N–H and O–H groups in total. The van der Waals surface area contributed by atoms with Crippen LogP contribution in [0.4, 0.5) is 0 Å². The molecular weight excluding hydrogens is 264 g/mol. The van der Waals surface area contributed by atoms with Gasteiger partial charge < -0.3 is 4.57 Å². The number of nitrogens with one attached hydrogen (secondary N) is 2. The molecular formula is C12H10N4O2S. The van der Waals surface area contributed by atoms with Crippen molar-refractivity contribution in [3.8, 4) is 11.4 Å². The van der Waals surface area contributed by atoms with Gasteiger partial charge in [-0.3, -0.25) is 14.8 Å². The van der Waals surface area contributed by atoms with E-state index in [1.165, 1.54) is 0 Å². The zero-order chi connectivity index (χ0) is 13.7. The Morgan fingerprint density at radius 2 is 2.00 bits per heavy atom. The molecule has 7 heteroatoms. The Kier molecular flexibility index (Phi) is 2.39. The van der Waals surface area contributed by atoms with Crippen LogP contribution in [0.1, 0.15) is 5.56 Å². The van der Waals surface area contributed by atoms with Gasteiger partial charge in [0.2, 0.25) is 0 Å². The van der Waals surface area contributed by atoms with Gasteiger partial charge in [0.1, 0.15) is 5.65 Å². The van der Waals surface area contributed by atoms with Gasteiger partial charge in [0.15, 0.2) is 5.52 Å². The van der Waals surface area contributed by atoms with Crippen LogP contribution in [-0.4, -0.2) is 19.5 Å². The number of benzene rings is 1. The van der Waals surface area contributed by atoms with E-state index < -0.39 is 11.2 Å². The summed E-state index contributed by atoms with van der Waals surface area (Å²) in [5, 5.41) is 0. The van der Waals surface area contributed by atoms with Crippen molar-refractivity contribution in [2.45, 2.75) is 6.92 Å². The van der Waals surface area contributed by atoms with Gasteiger partial charge in [-0.2, -0.15) is 0 Å². The zero-order valence-corrected chi connectivity index (χ0v) is 11.1. The summed E-state index contributed by atoms with van der Waals surface area (Å²) < 4.78 is 2.43. The van der Waals surface area contributed by atoms with E-state index in [9.17, 15) is 9.59 Å². The summed E-state index contributed by atoms with van der Waals surface area (Å²) in [5.41, 5.74) is 1.88. The molecule has 6 nitrogen and oxygen atoms in total. The van der Waals surface area contributed by atoms with E-state index in [0.29, 0.717) is 11.3 Å². The van der Waals surface area contributed by atoms with Crippen molar-refractivity contribution in [2.75, 3.05) is 0 Å². The average Bonchev–Trinajstić information content (AvgIpc) is 2.34. The number of aromatic nitrogens is 4. The summed E-state index contributed by atoms with van der Waals surface area (Å²) >= 11 is 5.23. The molecule has 96 valence electrons. The molecule has 1 aromatic heterocycles. The Morgan fingerprint density at radius 1 is 1.26 bits per heavy atom. The fourth-order valence-corrected chi connectivity index (χ4v) is 2.25. The topological polar surface area (TPSA) is 83.5 Å². The number of rotatable bonds is 0. The fraction of sp³-hybridized carbons (Fsp3) is 0.167. The predicted molar refractivity (Wildman–Crippen MR) is 74.1 cm³/mol. The molecule has 1 aliphatic heterocycles. The maximum Gasteiger partial charge on any atom is 0.327 e. The molecule has 1 aromatic rings. The van der Waals surface area contributed by atoms with Crippen molar-refractivity contribution in [1.29, 1.82) is 0 Å². The molecule has 0 unspecified atom stereocenters. The van der Waals surface area contributed by atoms with Gasteiger partial charge >= 0.3 is 5.69 Å². The maximum atomic E-state index is 11.8. The van der Waals surface area contributed by atoms with Crippen LogP contribution in [0.15, 0.2) is 21.7 Å². The second kappa shape index (κ2) is 3.86. The molecule has 0 fully saturated rings. The molecule has 1 aliphatic carbocycles. The summed E-state index contributed by atoms with van der Waals surface area (Å²) in [6, 6.07) is 3.65. The van der Waals surface area contributed by atoms with Crippen molar-refractivity contribution in [3.05, 3.63) is 43.0 Å². The number of fused-ring (bicyclic) bond motifs is 2. The first-order chi connectivity index (χ1) is 8.97.